The molecule has 0 aliphatic carbocycles. The number of unbranched alkanes of at least 4 members (excludes halogenated alkanes) is 2. The SMILES string of the molecule is C=CCCCCC(C)(O)COC. The molecule has 0 saturated heterocycles. The van der Waals surface area contributed by atoms with Gasteiger partial charge in [0, 0.05) is 7.11 Å². The van der Waals surface area contributed by atoms with E-state index in [0.717, 1.165) is 25.7 Å². The minimum atomic E-state index is -0.657. The molecule has 0 fully saturated rings. The summed E-state index contributed by atoms with van der Waals surface area (Å²) in [5, 5.41) is 9.66. The molecule has 0 spiro atoms. The fourth-order valence-electron chi connectivity index (χ4n) is 1.18. The van der Waals surface area contributed by atoms with Gasteiger partial charge in [-0.2, -0.15) is 0 Å². The van der Waals surface area contributed by atoms with Crippen molar-refractivity contribution in [1.29, 1.82) is 0 Å². The van der Waals surface area contributed by atoms with E-state index in [9.17, 15) is 5.11 Å². The van der Waals surface area contributed by atoms with E-state index in [2.05, 4.69) is 6.58 Å². The molecular weight excluding hydrogens is 152 g/mol. The van der Waals surface area contributed by atoms with Crippen molar-refractivity contribution in [2.45, 2.75) is 38.2 Å². The van der Waals surface area contributed by atoms with Gasteiger partial charge in [0.1, 0.15) is 0 Å². The normalized spacial score (nSPS) is 15.6. The van der Waals surface area contributed by atoms with Gasteiger partial charge in [-0.05, 0) is 26.2 Å². The van der Waals surface area contributed by atoms with Crippen molar-refractivity contribution in [2.75, 3.05) is 13.7 Å². The highest BCUT2D eigenvalue weighted by molar-refractivity contribution is 4.73. The van der Waals surface area contributed by atoms with E-state index in [-0.39, 0.29) is 0 Å². The number of ether oxygens (including phenoxy) is 1. The van der Waals surface area contributed by atoms with Crippen LogP contribution in [0.1, 0.15) is 32.6 Å². The molecular formula is C10H20O2. The molecule has 0 aromatic rings. The zero-order valence-electron chi connectivity index (χ0n) is 8.18. The highest BCUT2D eigenvalue weighted by Crippen LogP contribution is 2.14. The van der Waals surface area contributed by atoms with E-state index in [0.29, 0.717) is 6.61 Å². The molecule has 0 aromatic carbocycles. The molecule has 0 saturated carbocycles. The summed E-state index contributed by atoms with van der Waals surface area (Å²) in [6.45, 7) is 5.87. The molecule has 1 atom stereocenters. The Kier molecular flexibility index (Phi) is 6.03. The number of hydrogen-bond acceptors (Lipinski definition) is 2. The molecule has 0 bridgehead atoms. The van der Waals surface area contributed by atoms with E-state index in [1.807, 2.05) is 13.0 Å². The number of allylic oxidation sites excluding steroid dienone is 1. The largest absolute Gasteiger partial charge is 0.388 e. The topological polar surface area (TPSA) is 29.5 Å². The minimum absolute atomic E-state index is 0.418. The second kappa shape index (κ2) is 6.21. The Balaban J connectivity index is 3.39. The smallest absolute Gasteiger partial charge is 0.0852 e. The number of hydrogen-bond donors (Lipinski definition) is 1. The van der Waals surface area contributed by atoms with Crippen LogP contribution in [0.5, 0.6) is 0 Å². The Hall–Kier alpha value is -0.340. The summed E-state index contributed by atoms with van der Waals surface area (Å²) >= 11 is 0. The van der Waals surface area contributed by atoms with Crippen LogP contribution in [0, 0.1) is 0 Å². The van der Waals surface area contributed by atoms with Crippen LogP contribution < -0.4 is 0 Å². The van der Waals surface area contributed by atoms with Crippen molar-refractivity contribution in [3.63, 3.8) is 0 Å². The predicted molar refractivity (Wildman–Crippen MR) is 51.2 cm³/mol. The molecule has 2 heteroatoms. The van der Waals surface area contributed by atoms with E-state index < -0.39 is 5.60 Å². The molecule has 0 aliphatic heterocycles. The first-order valence-corrected chi connectivity index (χ1v) is 4.44. The molecule has 2 nitrogen and oxygen atoms in total. The second-order valence-corrected chi connectivity index (χ2v) is 3.46. The summed E-state index contributed by atoms with van der Waals surface area (Å²) in [5.41, 5.74) is -0.657. The molecule has 0 amide bonds. The molecule has 72 valence electrons. The average Bonchev–Trinajstić information content (AvgIpc) is 1.98. The van der Waals surface area contributed by atoms with Gasteiger partial charge in [-0.15, -0.1) is 6.58 Å². The van der Waals surface area contributed by atoms with Crippen LogP contribution in [0.3, 0.4) is 0 Å². The van der Waals surface area contributed by atoms with E-state index in [1.54, 1.807) is 7.11 Å². The van der Waals surface area contributed by atoms with Crippen molar-refractivity contribution in [3.8, 4) is 0 Å². The first kappa shape index (κ1) is 11.7. The molecule has 0 heterocycles. The molecule has 0 rings (SSSR count). The summed E-state index contributed by atoms with van der Waals surface area (Å²) in [4.78, 5) is 0. The third kappa shape index (κ3) is 6.38. The quantitative estimate of drug-likeness (QED) is 0.471. The van der Waals surface area contributed by atoms with Crippen molar-refractivity contribution in [3.05, 3.63) is 12.7 Å². The van der Waals surface area contributed by atoms with E-state index >= 15 is 0 Å². The Morgan fingerprint density at radius 2 is 2.17 bits per heavy atom. The van der Waals surface area contributed by atoms with Gasteiger partial charge in [0.05, 0.1) is 12.2 Å². The van der Waals surface area contributed by atoms with Crippen LogP contribution in [0.4, 0.5) is 0 Å². The lowest BCUT2D eigenvalue weighted by Crippen LogP contribution is -2.29. The highest BCUT2D eigenvalue weighted by Gasteiger charge is 2.18. The maximum absolute atomic E-state index is 9.66. The van der Waals surface area contributed by atoms with Crippen LogP contribution in [-0.2, 0) is 4.74 Å². The summed E-state index contributed by atoms with van der Waals surface area (Å²) in [7, 11) is 1.61. The Morgan fingerprint density at radius 1 is 1.50 bits per heavy atom. The maximum Gasteiger partial charge on any atom is 0.0852 e. The maximum atomic E-state index is 9.66. The van der Waals surface area contributed by atoms with Gasteiger partial charge >= 0.3 is 0 Å². The average molecular weight is 172 g/mol. The van der Waals surface area contributed by atoms with Gasteiger partial charge in [0.15, 0.2) is 0 Å². The number of aliphatic hydroxyl groups is 1. The van der Waals surface area contributed by atoms with Crippen molar-refractivity contribution in [2.24, 2.45) is 0 Å². The van der Waals surface area contributed by atoms with Crippen LogP contribution >= 0.6 is 0 Å². The van der Waals surface area contributed by atoms with Gasteiger partial charge in [-0.25, -0.2) is 0 Å². The fourth-order valence-corrected chi connectivity index (χ4v) is 1.18. The first-order chi connectivity index (χ1) is 5.62. The lowest BCUT2D eigenvalue weighted by molar-refractivity contribution is -0.0240. The lowest BCUT2D eigenvalue weighted by Gasteiger charge is -2.21. The van der Waals surface area contributed by atoms with Gasteiger partial charge in [0.2, 0.25) is 0 Å². The molecule has 0 radical (unpaired) electrons. The zero-order valence-corrected chi connectivity index (χ0v) is 8.18. The summed E-state index contributed by atoms with van der Waals surface area (Å²) in [5.74, 6) is 0. The molecule has 0 aromatic heterocycles. The first-order valence-electron chi connectivity index (χ1n) is 4.44. The summed E-state index contributed by atoms with van der Waals surface area (Å²) < 4.78 is 4.89. The van der Waals surface area contributed by atoms with Crippen LogP contribution in [0.25, 0.3) is 0 Å². The zero-order chi connectivity index (χ0) is 9.45. The minimum Gasteiger partial charge on any atom is -0.388 e. The third-order valence-electron chi connectivity index (χ3n) is 1.83. The molecule has 0 aliphatic rings. The molecule has 12 heavy (non-hydrogen) atoms. The Labute approximate surface area is 75.2 Å². The molecule has 1 N–H and O–H groups in total. The standard InChI is InChI=1S/C10H20O2/c1-4-5-6-7-8-10(2,11)9-12-3/h4,11H,1,5-9H2,2-3H3. The number of rotatable bonds is 7. The fraction of sp³-hybridized carbons (Fsp3) is 0.800. The number of methoxy groups -OCH3 is 1. The van der Waals surface area contributed by atoms with E-state index in [1.165, 1.54) is 0 Å². The van der Waals surface area contributed by atoms with Crippen molar-refractivity contribution < 1.29 is 9.84 Å². The lowest BCUT2D eigenvalue weighted by atomic mass is 9.99. The highest BCUT2D eigenvalue weighted by atomic mass is 16.5. The van der Waals surface area contributed by atoms with Gasteiger partial charge < -0.3 is 9.84 Å². The summed E-state index contributed by atoms with van der Waals surface area (Å²) in [6, 6.07) is 0. The van der Waals surface area contributed by atoms with Crippen molar-refractivity contribution in [1.82, 2.24) is 0 Å². The Bertz CT molecular complexity index is 119. The summed E-state index contributed by atoms with van der Waals surface area (Å²) in [6.07, 6.45) is 5.87. The van der Waals surface area contributed by atoms with Crippen LogP contribution in [0.2, 0.25) is 0 Å². The van der Waals surface area contributed by atoms with Crippen LogP contribution in [-0.4, -0.2) is 24.4 Å². The molecule has 1 unspecified atom stereocenters. The predicted octanol–water partition coefficient (Wildman–Crippen LogP) is 2.13. The monoisotopic (exact) mass is 172 g/mol. The van der Waals surface area contributed by atoms with Gasteiger partial charge in [0.25, 0.3) is 0 Å². The second-order valence-electron chi connectivity index (χ2n) is 3.46. The van der Waals surface area contributed by atoms with Gasteiger partial charge in [-0.1, -0.05) is 12.5 Å². The van der Waals surface area contributed by atoms with E-state index in [4.69, 9.17) is 4.74 Å². The Morgan fingerprint density at radius 3 is 2.67 bits per heavy atom. The van der Waals surface area contributed by atoms with Crippen molar-refractivity contribution >= 4 is 0 Å². The van der Waals surface area contributed by atoms with Gasteiger partial charge in [-0.3, -0.25) is 0 Å². The third-order valence-corrected chi connectivity index (χ3v) is 1.83. The van der Waals surface area contributed by atoms with Crippen LogP contribution in [0.15, 0.2) is 12.7 Å².